The monoisotopic (exact) mass is 305 g/mol. The van der Waals surface area contributed by atoms with Crippen LogP contribution in [0.3, 0.4) is 0 Å². The maximum Gasteiger partial charge on any atom is 0.471 e. The molecule has 0 saturated carbocycles. The van der Waals surface area contributed by atoms with Crippen LogP contribution in [-0.4, -0.2) is 12.1 Å². The Balaban J connectivity index is 2.08. The molecule has 114 valence electrons. The first-order valence-electron chi connectivity index (χ1n) is 7.00. The molecule has 1 aliphatic carbocycles. The number of halogens is 3. The fourth-order valence-electron chi connectivity index (χ4n) is 2.89. The molecule has 2 aromatic rings. The molecule has 0 aromatic heterocycles. The lowest BCUT2D eigenvalue weighted by Gasteiger charge is -2.22. The molecule has 1 N–H and O–H groups in total. The Morgan fingerprint density at radius 1 is 0.909 bits per heavy atom. The highest BCUT2D eigenvalue weighted by molar-refractivity contribution is 5.82. The van der Waals surface area contributed by atoms with Crippen molar-refractivity contribution in [2.75, 3.05) is 0 Å². The summed E-state index contributed by atoms with van der Waals surface area (Å²) in [6.07, 6.45) is -3.41. The Morgan fingerprint density at radius 3 is 1.82 bits per heavy atom. The summed E-state index contributed by atoms with van der Waals surface area (Å²) in [6, 6.07) is 13.8. The second kappa shape index (κ2) is 5.48. The molecule has 0 bridgehead atoms. The number of hydrogen-bond donors (Lipinski definition) is 1. The molecule has 0 aliphatic heterocycles. The highest BCUT2D eigenvalue weighted by atomic mass is 19.4. The molecule has 2 nitrogen and oxygen atoms in total. The maximum absolute atomic E-state index is 12.6. The summed E-state index contributed by atoms with van der Waals surface area (Å²) < 4.78 is 37.9. The van der Waals surface area contributed by atoms with Crippen LogP contribution in [0.25, 0.3) is 0 Å². The Hall–Kier alpha value is -2.30. The Kier molecular flexibility index (Phi) is 3.64. The molecule has 1 aliphatic rings. The SMILES string of the molecule is O=C(NC1c2ccccc2CCc2ccccc21)C(F)(F)F. The van der Waals surface area contributed by atoms with Gasteiger partial charge in [-0.1, -0.05) is 48.5 Å². The summed E-state index contributed by atoms with van der Waals surface area (Å²) >= 11 is 0. The summed E-state index contributed by atoms with van der Waals surface area (Å²) in [5, 5.41) is 2.15. The first kappa shape index (κ1) is 14.6. The van der Waals surface area contributed by atoms with E-state index in [4.69, 9.17) is 0 Å². The number of benzene rings is 2. The van der Waals surface area contributed by atoms with Crippen LogP contribution in [0.4, 0.5) is 13.2 Å². The zero-order valence-corrected chi connectivity index (χ0v) is 11.7. The second-order valence-electron chi connectivity index (χ2n) is 5.30. The van der Waals surface area contributed by atoms with Crippen molar-refractivity contribution in [3.05, 3.63) is 70.8 Å². The third-order valence-corrected chi connectivity index (χ3v) is 3.93. The van der Waals surface area contributed by atoms with Crippen molar-refractivity contribution in [2.24, 2.45) is 0 Å². The number of aryl methyl sites for hydroxylation is 2. The third kappa shape index (κ3) is 2.71. The minimum Gasteiger partial charge on any atom is -0.337 e. The lowest BCUT2D eigenvalue weighted by molar-refractivity contribution is -0.174. The van der Waals surface area contributed by atoms with Gasteiger partial charge in [-0.15, -0.1) is 0 Å². The molecule has 2 aromatic carbocycles. The van der Waals surface area contributed by atoms with Crippen LogP contribution in [0, 0.1) is 0 Å². The van der Waals surface area contributed by atoms with Crippen LogP contribution in [-0.2, 0) is 17.6 Å². The highest BCUT2D eigenvalue weighted by Gasteiger charge is 2.40. The number of hydrogen-bond acceptors (Lipinski definition) is 1. The minimum atomic E-state index is -4.89. The lowest BCUT2D eigenvalue weighted by atomic mass is 9.94. The van der Waals surface area contributed by atoms with E-state index in [-0.39, 0.29) is 0 Å². The van der Waals surface area contributed by atoms with Gasteiger partial charge in [-0.3, -0.25) is 4.79 Å². The predicted molar refractivity (Wildman–Crippen MR) is 76.3 cm³/mol. The Labute approximate surface area is 126 Å². The zero-order chi connectivity index (χ0) is 15.7. The van der Waals surface area contributed by atoms with Gasteiger partial charge in [0.15, 0.2) is 0 Å². The van der Waals surface area contributed by atoms with Gasteiger partial charge >= 0.3 is 12.1 Å². The van der Waals surface area contributed by atoms with Crippen LogP contribution in [0.5, 0.6) is 0 Å². The molecular weight excluding hydrogens is 291 g/mol. The molecule has 0 spiro atoms. The van der Waals surface area contributed by atoms with Gasteiger partial charge in [-0.2, -0.15) is 13.2 Å². The van der Waals surface area contributed by atoms with E-state index in [1.807, 2.05) is 24.3 Å². The van der Waals surface area contributed by atoms with Crippen molar-refractivity contribution in [3.63, 3.8) is 0 Å². The fraction of sp³-hybridized carbons (Fsp3) is 0.235. The van der Waals surface area contributed by atoms with Crippen molar-refractivity contribution in [3.8, 4) is 0 Å². The van der Waals surface area contributed by atoms with Gasteiger partial charge in [0, 0.05) is 0 Å². The Morgan fingerprint density at radius 2 is 1.36 bits per heavy atom. The summed E-state index contributed by atoms with van der Waals surface area (Å²) in [5.74, 6) is -1.91. The number of nitrogens with one attached hydrogen (secondary N) is 1. The van der Waals surface area contributed by atoms with Crippen LogP contribution < -0.4 is 5.32 Å². The summed E-state index contributed by atoms with van der Waals surface area (Å²) in [4.78, 5) is 11.4. The predicted octanol–water partition coefficient (Wildman–Crippen LogP) is 3.55. The van der Waals surface area contributed by atoms with E-state index >= 15 is 0 Å². The van der Waals surface area contributed by atoms with E-state index in [1.54, 1.807) is 24.3 Å². The fourth-order valence-corrected chi connectivity index (χ4v) is 2.89. The molecule has 0 saturated heterocycles. The van der Waals surface area contributed by atoms with Crippen LogP contribution in [0.2, 0.25) is 0 Å². The van der Waals surface area contributed by atoms with Gasteiger partial charge < -0.3 is 5.32 Å². The molecule has 0 radical (unpaired) electrons. The van der Waals surface area contributed by atoms with Crippen LogP contribution >= 0.6 is 0 Å². The average Bonchev–Trinajstić information content (AvgIpc) is 2.65. The van der Waals surface area contributed by atoms with Crippen molar-refractivity contribution < 1.29 is 18.0 Å². The zero-order valence-electron chi connectivity index (χ0n) is 11.7. The third-order valence-electron chi connectivity index (χ3n) is 3.93. The number of amides is 1. The molecule has 0 heterocycles. The van der Waals surface area contributed by atoms with Crippen molar-refractivity contribution >= 4 is 5.91 Å². The van der Waals surface area contributed by atoms with Gasteiger partial charge in [0.2, 0.25) is 0 Å². The normalized spacial score (nSPS) is 14.7. The van der Waals surface area contributed by atoms with Crippen LogP contribution in [0.1, 0.15) is 28.3 Å². The van der Waals surface area contributed by atoms with E-state index in [2.05, 4.69) is 5.32 Å². The number of rotatable bonds is 1. The molecule has 0 fully saturated rings. The first-order valence-corrected chi connectivity index (χ1v) is 7.00. The quantitative estimate of drug-likeness (QED) is 0.857. The Bertz CT molecular complexity index is 662. The number of carbonyl (C=O) groups is 1. The smallest absolute Gasteiger partial charge is 0.337 e. The molecule has 5 heteroatoms. The first-order chi connectivity index (χ1) is 10.5. The molecule has 22 heavy (non-hydrogen) atoms. The molecule has 3 rings (SSSR count). The van der Waals surface area contributed by atoms with Crippen molar-refractivity contribution in [2.45, 2.75) is 25.1 Å². The van der Waals surface area contributed by atoms with Crippen molar-refractivity contribution in [1.29, 1.82) is 0 Å². The van der Waals surface area contributed by atoms with E-state index in [9.17, 15) is 18.0 Å². The molecule has 0 atom stereocenters. The topological polar surface area (TPSA) is 29.1 Å². The summed E-state index contributed by atoms with van der Waals surface area (Å²) in [7, 11) is 0. The van der Waals surface area contributed by atoms with E-state index in [0.717, 1.165) is 35.1 Å². The number of fused-ring (bicyclic) bond motifs is 2. The number of alkyl halides is 3. The highest BCUT2D eigenvalue weighted by Crippen LogP contribution is 2.33. The van der Waals surface area contributed by atoms with E-state index in [1.165, 1.54) is 0 Å². The standard InChI is InChI=1S/C17H14F3NO/c18-17(19,20)16(22)21-15-13-7-3-1-5-11(13)9-10-12-6-2-4-8-14(12)15/h1-8,15H,9-10H2,(H,21,22). The van der Waals surface area contributed by atoms with Gasteiger partial charge in [-0.25, -0.2) is 0 Å². The van der Waals surface area contributed by atoms with Gasteiger partial charge in [-0.05, 0) is 35.1 Å². The molecule has 0 unspecified atom stereocenters. The molecular formula is C17H14F3NO. The average molecular weight is 305 g/mol. The van der Waals surface area contributed by atoms with Gasteiger partial charge in [0.1, 0.15) is 0 Å². The minimum absolute atomic E-state index is 0.727. The van der Waals surface area contributed by atoms with E-state index < -0.39 is 18.1 Å². The maximum atomic E-state index is 12.6. The summed E-state index contributed by atoms with van der Waals surface area (Å²) in [5.41, 5.74) is 3.38. The van der Waals surface area contributed by atoms with Gasteiger partial charge in [0.25, 0.3) is 0 Å². The largest absolute Gasteiger partial charge is 0.471 e. The molecule has 1 amide bonds. The van der Waals surface area contributed by atoms with Gasteiger partial charge in [0.05, 0.1) is 6.04 Å². The van der Waals surface area contributed by atoms with Crippen LogP contribution in [0.15, 0.2) is 48.5 Å². The second-order valence-corrected chi connectivity index (χ2v) is 5.30. The number of carbonyl (C=O) groups excluding carboxylic acids is 1. The summed E-state index contributed by atoms with van der Waals surface area (Å²) in [6.45, 7) is 0. The lowest BCUT2D eigenvalue weighted by Crippen LogP contribution is -2.39. The van der Waals surface area contributed by atoms with E-state index in [0.29, 0.717) is 0 Å². The van der Waals surface area contributed by atoms with Crippen molar-refractivity contribution in [1.82, 2.24) is 5.32 Å².